The first-order valence-corrected chi connectivity index (χ1v) is 8.08. The maximum absolute atomic E-state index is 13.4. The number of allylic oxidation sites excluding steroid dienone is 2. The fraction of sp³-hybridized carbons (Fsp3) is 0.100. The van der Waals surface area contributed by atoms with Crippen LogP contribution in [0.3, 0.4) is 0 Å². The summed E-state index contributed by atoms with van der Waals surface area (Å²) in [6, 6.07) is 18.4. The zero-order valence-electron chi connectivity index (χ0n) is 12.7. The van der Waals surface area contributed by atoms with E-state index in [1.807, 2.05) is 48.5 Å². The van der Waals surface area contributed by atoms with Gasteiger partial charge in [0.1, 0.15) is 5.41 Å². The van der Waals surface area contributed by atoms with Crippen molar-refractivity contribution < 1.29 is 9.59 Å². The third-order valence-electron chi connectivity index (χ3n) is 4.61. The molecule has 1 saturated heterocycles. The SMILES string of the molecule is O=C1C2C=CC(Cl)=CC2(c2ccccc2)C(=O)N1c1ccccc1. The quantitative estimate of drug-likeness (QED) is 0.783. The number of amides is 2. The lowest BCUT2D eigenvalue weighted by Gasteiger charge is -2.30. The van der Waals surface area contributed by atoms with Crippen LogP contribution in [-0.4, -0.2) is 11.8 Å². The minimum Gasteiger partial charge on any atom is -0.273 e. The zero-order chi connectivity index (χ0) is 16.7. The molecule has 2 unspecified atom stereocenters. The van der Waals surface area contributed by atoms with Crippen LogP contribution >= 0.6 is 11.6 Å². The van der Waals surface area contributed by atoms with Gasteiger partial charge in [-0.25, -0.2) is 4.90 Å². The molecule has 2 aromatic rings. The Kier molecular flexibility index (Phi) is 3.39. The molecular formula is C20H14ClNO2. The van der Waals surface area contributed by atoms with Crippen molar-refractivity contribution in [2.45, 2.75) is 5.41 Å². The second-order valence-electron chi connectivity index (χ2n) is 5.92. The van der Waals surface area contributed by atoms with E-state index in [1.165, 1.54) is 4.90 Å². The van der Waals surface area contributed by atoms with Crippen molar-refractivity contribution in [1.29, 1.82) is 0 Å². The summed E-state index contributed by atoms with van der Waals surface area (Å²) in [5.74, 6) is -1.08. The zero-order valence-corrected chi connectivity index (χ0v) is 13.5. The number of halogens is 1. The Morgan fingerprint density at radius 3 is 2.21 bits per heavy atom. The first kappa shape index (κ1) is 14.9. The Balaban J connectivity index is 1.94. The van der Waals surface area contributed by atoms with E-state index in [0.29, 0.717) is 10.7 Å². The van der Waals surface area contributed by atoms with E-state index < -0.39 is 11.3 Å². The van der Waals surface area contributed by atoms with Gasteiger partial charge in [0.05, 0.1) is 11.6 Å². The third-order valence-corrected chi connectivity index (χ3v) is 4.85. The fourth-order valence-electron chi connectivity index (χ4n) is 3.51. The van der Waals surface area contributed by atoms with Gasteiger partial charge in [0, 0.05) is 5.03 Å². The number of anilines is 1. The first-order chi connectivity index (χ1) is 11.6. The molecule has 0 spiro atoms. The summed E-state index contributed by atoms with van der Waals surface area (Å²) in [7, 11) is 0. The lowest BCUT2D eigenvalue weighted by atomic mass is 9.69. The average molecular weight is 336 g/mol. The highest BCUT2D eigenvalue weighted by atomic mass is 35.5. The Hall–Kier alpha value is -2.65. The Labute approximate surface area is 144 Å². The van der Waals surface area contributed by atoms with Crippen molar-refractivity contribution in [1.82, 2.24) is 0 Å². The summed E-state index contributed by atoms with van der Waals surface area (Å²) < 4.78 is 0. The van der Waals surface area contributed by atoms with Gasteiger partial charge in [0.15, 0.2) is 0 Å². The molecule has 3 nitrogen and oxygen atoms in total. The number of carbonyl (C=O) groups is 2. The maximum Gasteiger partial charge on any atom is 0.249 e. The van der Waals surface area contributed by atoms with E-state index in [0.717, 1.165) is 5.56 Å². The normalized spacial score (nSPS) is 25.6. The van der Waals surface area contributed by atoms with E-state index in [1.54, 1.807) is 30.4 Å². The first-order valence-electron chi connectivity index (χ1n) is 7.70. The van der Waals surface area contributed by atoms with E-state index in [9.17, 15) is 9.59 Å². The summed E-state index contributed by atoms with van der Waals surface area (Å²) in [5.41, 5.74) is 0.268. The number of nitrogens with zero attached hydrogens (tertiary/aromatic N) is 1. The van der Waals surface area contributed by atoms with Gasteiger partial charge in [-0.2, -0.15) is 0 Å². The molecular weight excluding hydrogens is 322 g/mol. The van der Waals surface area contributed by atoms with Gasteiger partial charge in [-0.15, -0.1) is 0 Å². The van der Waals surface area contributed by atoms with Crippen LogP contribution in [0, 0.1) is 5.92 Å². The van der Waals surface area contributed by atoms with Crippen LogP contribution in [0.15, 0.2) is 83.9 Å². The minimum atomic E-state index is -1.08. The molecule has 1 heterocycles. The highest BCUT2D eigenvalue weighted by Crippen LogP contribution is 2.47. The summed E-state index contributed by atoms with van der Waals surface area (Å²) in [4.78, 5) is 27.7. The molecule has 1 aliphatic carbocycles. The van der Waals surface area contributed by atoms with Gasteiger partial charge < -0.3 is 0 Å². The summed E-state index contributed by atoms with van der Waals surface area (Å²) >= 11 is 6.22. The van der Waals surface area contributed by atoms with Gasteiger partial charge in [0.25, 0.3) is 0 Å². The molecule has 2 aliphatic rings. The lowest BCUT2D eigenvalue weighted by Crippen LogP contribution is -2.39. The average Bonchev–Trinajstić information content (AvgIpc) is 2.84. The number of imide groups is 1. The number of benzene rings is 2. The van der Waals surface area contributed by atoms with E-state index in [-0.39, 0.29) is 11.8 Å². The van der Waals surface area contributed by atoms with Gasteiger partial charge in [0.2, 0.25) is 11.8 Å². The van der Waals surface area contributed by atoms with E-state index in [4.69, 9.17) is 11.6 Å². The number of rotatable bonds is 2. The minimum absolute atomic E-state index is 0.230. The topological polar surface area (TPSA) is 37.4 Å². The van der Waals surface area contributed by atoms with Crippen molar-refractivity contribution in [3.8, 4) is 0 Å². The molecule has 0 radical (unpaired) electrons. The molecule has 2 amide bonds. The van der Waals surface area contributed by atoms with Crippen LogP contribution in [0.1, 0.15) is 5.56 Å². The van der Waals surface area contributed by atoms with E-state index >= 15 is 0 Å². The second kappa shape index (κ2) is 5.46. The number of carbonyl (C=O) groups excluding carboxylic acids is 2. The molecule has 4 rings (SSSR count). The summed E-state index contributed by atoms with van der Waals surface area (Å²) in [6.45, 7) is 0. The number of hydrogen-bond acceptors (Lipinski definition) is 2. The smallest absolute Gasteiger partial charge is 0.249 e. The van der Waals surface area contributed by atoms with Crippen molar-refractivity contribution in [2.24, 2.45) is 5.92 Å². The molecule has 118 valence electrons. The maximum atomic E-state index is 13.4. The Morgan fingerprint density at radius 1 is 0.917 bits per heavy atom. The van der Waals surface area contributed by atoms with Crippen molar-refractivity contribution in [3.63, 3.8) is 0 Å². The molecule has 2 aromatic carbocycles. The number of hydrogen-bond donors (Lipinski definition) is 0. The van der Waals surface area contributed by atoms with Crippen molar-refractivity contribution >= 4 is 29.1 Å². The van der Waals surface area contributed by atoms with Crippen molar-refractivity contribution in [2.75, 3.05) is 4.90 Å². The van der Waals surface area contributed by atoms with Crippen LogP contribution in [0.4, 0.5) is 5.69 Å². The van der Waals surface area contributed by atoms with Crippen LogP contribution < -0.4 is 4.90 Å². The molecule has 1 aliphatic heterocycles. The van der Waals surface area contributed by atoms with Crippen LogP contribution in [0.5, 0.6) is 0 Å². The van der Waals surface area contributed by atoms with Crippen LogP contribution in [0.2, 0.25) is 0 Å². The van der Waals surface area contributed by atoms with Gasteiger partial charge >= 0.3 is 0 Å². The second-order valence-corrected chi connectivity index (χ2v) is 6.35. The molecule has 0 aromatic heterocycles. The van der Waals surface area contributed by atoms with Gasteiger partial charge in [-0.05, 0) is 29.8 Å². The third kappa shape index (κ3) is 1.98. The standard InChI is InChI=1S/C20H14ClNO2/c21-15-11-12-17-18(23)22(16-9-5-2-6-10-16)19(24)20(17,13-15)14-7-3-1-4-8-14/h1-13,17H. The molecule has 1 fully saturated rings. The summed E-state index contributed by atoms with van der Waals surface area (Å²) in [6.07, 6.45) is 5.13. The molecule has 24 heavy (non-hydrogen) atoms. The highest BCUT2D eigenvalue weighted by molar-refractivity contribution is 6.33. The molecule has 0 bridgehead atoms. The predicted octanol–water partition coefficient (Wildman–Crippen LogP) is 3.81. The van der Waals surface area contributed by atoms with Crippen LogP contribution in [-0.2, 0) is 15.0 Å². The Morgan fingerprint density at radius 2 is 1.54 bits per heavy atom. The molecule has 2 atom stereocenters. The number of fused-ring (bicyclic) bond motifs is 1. The highest BCUT2D eigenvalue weighted by Gasteiger charge is 2.59. The molecule has 0 saturated carbocycles. The van der Waals surface area contributed by atoms with E-state index in [2.05, 4.69) is 0 Å². The van der Waals surface area contributed by atoms with Gasteiger partial charge in [-0.3, -0.25) is 9.59 Å². The fourth-order valence-corrected chi connectivity index (χ4v) is 3.76. The molecule has 0 N–H and O–H groups in total. The van der Waals surface area contributed by atoms with Crippen LogP contribution in [0.25, 0.3) is 0 Å². The predicted molar refractivity (Wildman–Crippen MR) is 93.6 cm³/mol. The lowest BCUT2D eigenvalue weighted by molar-refractivity contribution is -0.122. The monoisotopic (exact) mass is 335 g/mol. The number of para-hydroxylation sites is 1. The summed E-state index contributed by atoms with van der Waals surface area (Å²) in [5, 5.41) is 0.464. The largest absolute Gasteiger partial charge is 0.273 e. The van der Waals surface area contributed by atoms with Crippen molar-refractivity contribution in [3.05, 3.63) is 89.5 Å². The molecule has 4 heteroatoms. The Bertz CT molecular complexity index is 873. The van der Waals surface area contributed by atoms with Gasteiger partial charge in [-0.1, -0.05) is 66.2 Å².